The smallest absolute Gasteiger partial charge is 0.119 e. The van der Waals surface area contributed by atoms with Gasteiger partial charge in [-0.05, 0) is 30.0 Å². The van der Waals surface area contributed by atoms with Crippen molar-refractivity contribution in [1.82, 2.24) is 0 Å². The Balaban J connectivity index is 2.42. The summed E-state index contributed by atoms with van der Waals surface area (Å²) in [6, 6.07) is 7.88. The van der Waals surface area contributed by atoms with Gasteiger partial charge in [-0.25, -0.2) is 0 Å². The van der Waals surface area contributed by atoms with Crippen LogP contribution < -0.4 is 4.74 Å². The van der Waals surface area contributed by atoms with Crippen LogP contribution in [0.2, 0.25) is 0 Å². The Labute approximate surface area is 97.6 Å². The molecule has 0 amide bonds. The number of hydrogen-bond donors (Lipinski definition) is 1. The van der Waals surface area contributed by atoms with E-state index in [0.717, 1.165) is 24.3 Å². The second-order valence-electron chi connectivity index (χ2n) is 4.18. The van der Waals surface area contributed by atoms with E-state index in [1.54, 1.807) is 6.08 Å². The molecule has 0 aliphatic heterocycles. The minimum absolute atomic E-state index is 0.0760. The average molecular weight is 220 g/mol. The van der Waals surface area contributed by atoms with Gasteiger partial charge in [-0.15, -0.1) is 0 Å². The lowest BCUT2D eigenvalue weighted by atomic mass is 10.1. The van der Waals surface area contributed by atoms with Gasteiger partial charge in [0.2, 0.25) is 0 Å². The number of hydrogen-bond acceptors (Lipinski definition) is 2. The first-order valence-electron chi connectivity index (χ1n) is 5.72. The van der Waals surface area contributed by atoms with E-state index in [0.29, 0.717) is 5.92 Å². The fourth-order valence-electron chi connectivity index (χ4n) is 1.28. The van der Waals surface area contributed by atoms with E-state index in [1.807, 2.05) is 30.3 Å². The Kier molecular flexibility index (Phi) is 5.65. The van der Waals surface area contributed by atoms with Crippen molar-refractivity contribution in [2.45, 2.75) is 20.3 Å². The minimum Gasteiger partial charge on any atom is -0.494 e. The third-order valence-corrected chi connectivity index (χ3v) is 2.26. The van der Waals surface area contributed by atoms with Gasteiger partial charge in [-0.2, -0.15) is 0 Å². The lowest BCUT2D eigenvalue weighted by Crippen LogP contribution is -2.01. The summed E-state index contributed by atoms with van der Waals surface area (Å²) in [5.74, 6) is 1.58. The molecule has 0 aromatic heterocycles. The molecule has 0 heterocycles. The third kappa shape index (κ3) is 4.99. The summed E-state index contributed by atoms with van der Waals surface area (Å²) >= 11 is 0. The molecule has 1 aromatic carbocycles. The zero-order valence-electron chi connectivity index (χ0n) is 10.0. The summed E-state index contributed by atoms with van der Waals surface area (Å²) < 4.78 is 5.60. The fourth-order valence-corrected chi connectivity index (χ4v) is 1.28. The predicted octanol–water partition coefficient (Wildman–Crippen LogP) is 3.12. The Morgan fingerprint density at radius 1 is 1.25 bits per heavy atom. The molecule has 0 saturated heterocycles. The van der Waals surface area contributed by atoms with Gasteiger partial charge in [-0.1, -0.05) is 38.1 Å². The summed E-state index contributed by atoms with van der Waals surface area (Å²) in [6.07, 6.45) is 4.68. The maximum atomic E-state index is 8.64. The summed E-state index contributed by atoms with van der Waals surface area (Å²) in [5, 5.41) is 8.64. The predicted molar refractivity (Wildman–Crippen MR) is 67.5 cm³/mol. The van der Waals surface area contributed by atoms with Gasteiger partial charge in [-0.3, -0.25) is 0 Å². The molecule has 1 aromatic rings. The normalized spacial score (nSPS) is 11.2. The molecular formula is C14H20O2. The van der Waals surface area contributed by atoms with E-state index in [2.05, 4.69) is 13.8 Å². The van der Waals surface area contributed by atoms with Crippen molar-refractivity contribution in [3.8, 4) is 5.75 Å². The Morgan fingerprint density at radius 3 is 2.50 bits per heavy atom. The molecule has 0 bridgehead atoms. The number of rotatable bonds is 6. The van der Waals surface area contributed by atoms with Crippen LogP contribution in [0.5, 0.6) is 5.75 Å². The molecule has 0 saturated carbocycles. The van der Waals surface area contributed by atoms with Crippen LogP contribution in [0, 0.1) is 5.92 Å². The highest BCUT2D eigenvalue weighted by molar-refractivity contribution is 5.50. The molecule has 2 nitrogen and oxygen atoms in total. The number of ether oxygens (including phenoxy) is 1. The van der Waals surface area contributed by atoms with Crippen molar-refractivity contribution in [3.63, 3.8) is 0 Å². The van der Waals surface area contributed by atoms with E-state index in [9.17, 15) is 0 Å². The van der Waals surface area contributed by atoms with Gasteiger partial charge in [0.15, 0.2) is 0 Å². The maximum Gasteiger partial charge on any atom is 0.119 e. The number of benzene rings is 1. The second-order valence-corrected chi connectivity index (χ2v) is 4.18. The molecule has 1 N–H and O–H groups in total. The van der Waals surface area contributed by atoms with E-state index in [1.165, 1.54) is 0 Å². The average Bonchev–Trinajstić information content (AvgIpc) is 2.27. The maximum absolute atomic E-state index is 8.64. The second kappa shape index (κ2) is 7.07. The van der Waals surface area contributed by atoms with Crippen LogP contribution in [-0.4, -0.2) is 18.3 Å². The van der Waals surface area contributed by atoms with Gasteiger partial charge < -0.3 is 9.84 Å². The topological polar surface area (TPSA) is 29.5 Å². The molecule has 0 aliphatic carbocycles. The first-order valence-corrected chi connectivity index (χ1v) is 5.72. The van der Waals surface area contributed by atoms with Gasteiger partial charge in [0.25, 0.3) is 0 Å². The van der Waals surface area contributed by atoms with Crippen LogP contribution in [0.3, 0.4) is 0 Å². The van der Waals surface area contributed by atoms with Crippen molar-refractivity contribution in [1.29, 1.82) is 0 Å². The Bertz CT molecular complexity index is 312. The Hall–Kier alpha value is -1.28. The van der Waals surface area contributed by atoms with Gasteiger partial charge in [0, 0.05) is 0 Å². The zero-order chi connectivity index (χ0) is 11.8. The van der Waals surface area contributed by atoms with Crippen molar-refractivity contribution in [2.75, 3.05) is 13.2 Å². The van der Waals surface area contributed by atoms with Crippen molar-refractivity contribution < 1.29 is 9.84 Å². The summed E-state index contributed by atoms with van der Waals surface area (Å²) in [4.78, 5) is 0. The minimum atomic E-state index is 0.0760. The first-order chi connectivity index (χ1) is 7.72. The Morgan fingerprint density at radius 2 is 1.94 bits per heavy atom. The van der Waals surface area contributed by atoms with E-state index >= 15 is 0 Å². The van der Waals surface area contributed by atoms with E-state index < -0.39 is 0 Å². The molecule has 0 fully saturated rings. The molecule has 0 aliphatic rings. The lowest BCUT2D eigenvalue weighted by Gasteiger charge is -2.07. The van der Waals surface area contributed by atoms with Crippen LogP contribution in [0.4, 0.5) is 0 Å². The highest BCUT2D eigenvalue weighted by Crippen LogP contribution is 2.14. The molecule has 1 rings (SSSR count). The lowest BCUT2D eigenvalue weighted by molar-refractivity contribution is 0.289. The van der Waals surface area contributed by atoms with Crippen molar-refractivity contribution in [2.24, 2.45) is 5.92 Å². The van der Waals surface area contributed by atoms with Crippen molar-refractivity contribution in [3.05, 3.63) is 35.9 Å². The quantitative estimate of drug-likeness (QED) is 0.798. The molecule has 0 atom stereocenters. The van der Waals surface area contributed by atoms with Crippen LogP contribution >= 0.6 is 0 Å². The highest BCUT2D eigenvalue weighted by atomic mass is 16.5. The monoisotopic (exact) mass is 220 g/mol. The first kappa shape index (κ1) is 12.8. The SMILES string of the molecule is CC(C)CCOc1ccc(/C=C/CO)cc1. The van der Waals surface area contributed by atoms with Gasteiger partial charge in [0.1, 0.15) is 5.75 Å². The van der Waals surface area contributed by atoms with Crippen LogP contribution in [0.15, 0.2) is 30.3 Å². The molecule has 0 radical (unpaired) electrons. The summed E-state index contributed by atoms with van der Waals surface area (Å²) in [6.45, 7) is 5.22. The summed E-state index contributed by atoms with van der Waals surface area (Å²) in [5.41, 5.74) is 1.07. The fraction of sp³-hybridized carbons (Fsp3) is 0.429. The molecule has 2 heteroatoms. The molecule has 0 spiro atoms. The molecule has 0 unspecified atom stereocenters. The molecule has 16 heavy (non-hydrogen) atoms. The molecule has 88 valence electrons. The van der Waals surface area contributed by atoms with Crippen molar-refractivity contribution >= 4 is 6.08 Å². The van der Waals surface area contributed by atoms with E-state index in [4.69, 9.17) is 9.84 Å². The number of aliphatic hydroxyl groups excluding tert-OH is 1. The summed E-state index contributed by atoms with van der Waals surface area (Å²) in [7, 11) is 0. The third-order valence-electron chi connectivity index (χ3n) is 2.26. The number of aliphatic hydroxyl groups is 1. The molecular weight excluding hydrogens is 200 g/mol. The van der Waals surface area contributed by atoms with E-state index in [-0.39, 0.29) is 6.61 Å². The highest BCUT2D eigenvalue weighted by Gasteiger charge is 1.96. The largest absolute Gasteiger partial charge is 0.494 e. The standard InChI is InChI=1S/C14H20O2/c1-12(2)9-11-16-14-7-5-13(6-8-14)4-3-10-15/h3-8,12,15H,9-11H2,1-2H3/b4-3+. The van der Waals surface area contributed by atoms with Crippen LogP contribution in [0.25, 0.3) is 6.08 Å². The van der Waals surface area contributed by atoms with Gasteiger partial charge in [0.05, 0.1) is 13.2 Å². The van der Waals surface area contributed by atoms with Crippen LogP contribution in [0.1, 0.15) is 25.8 Å². The van der Waals surface area contributed by atoms with Gasteiger partial charge >= 0.3 is 0 Å². The van der Waals surface area contributed by atoms with Crippen LogP contribution in [-0.2, 0) is 0 Å². The zero-order valence-corrected chi connectivity index (χ0v) is 10.0.